The Morgan fingerprint density at radius 1 is 0.765 bits per heavy atom. The average molecular weight is 235 g/mol. The predicted octanol–water partition coefficient (Wildman–Crippen LogP) is 4.57. The van der Waals surface area contributed by atoms with Gasteiger partial charge in [-0.2, -0.15) is 0 Å². The van der Waals surface area contributed by atoms with E-state index in [2.05, 4.69) is 53.5 Å². The minimum atomic E-state index is 0.713. The van der Waals surface area contributed by atoms with Gasteiger partial charge in [0.1, 0.15) is 0 Å². The van der Waals surface area contributed by atoms with Crippen LogP contribution in [0.1, 0.15) is 0 Å². The molecular formula is C15H10NP. The predicted molar refractivity (Wildman–Crippen MR) is 76.3 cm³/mol. The minimum absolute atomic E-state index is 0.713. The minimum Gasteiger partial charge on any atom is -0.252 e. The Hall–Kier alpha value is -1.85. The summed E-state index contributed by atoms with van der Waals surface area (Å²) in [7, 11) is 0.713. The Bertz CT molecular complexity index is 845. The fourth-order valence-corrected chi connectivity index (χ4v) is 3.50. The molecule has 2 heteroatoms. The largest absolute Gasteiger partial charge is 0.252 e. The summed E-state index contributed by atoms with van der Waals surface area (Å²) in [5, 5.41) is 6.75. The molecule has 4 aromatic rings. The monoisotopic (exact) mass is 235 g/mol. The second-order valence-corrected chi connectivity index (χ2v) is 5.29. The molecule has 0 saturated carbocycles. The van der Waals surface area contributed by atoms with Crippen LogP contribution in [0.4, 0.5) is 0 Å². The molecule has 80 valence electrons. The van der Waals surface area contributed by atoms with Crippen LogP contribution in [-0.2, 0) is 0 Å². The van der Waals surface area contributed by atoms with Crippen LogP contribution in [0, 0.1) is 0 Å². The molecule has 4 rings (SSSR count). The Morgan fingerprint density at radius 2 is 1.65 bits per heavy atom. The molecule has 0 bridgehead atoms. The first-order valence-electron chi connectivity index (χ1n) is 5.67. The van der Waals surface area contributed by atoms with Crippen molar-refractivity contribution in [3.8, 4) is 0 Å². The van der Waals surface area contributed by atoms with Gasteiger partial charge in [0.15, 0.2) is 0 Å². The van der Waals surface area contributed by atoms with Crippen molar-refractivity contribution >= 4 is 40.4 Å². The number of hydrogen-bond acceptors (Lipinski definition) is 1. The first-order chi connectivity index (χ1) is 8.43. The highest BCUT2D eigenvalue weighted by Gasteiger charge is 2.04. The van der Waals surface area contributed by atoms with Gasteiger partial charge in [0.2, 0.25) is 0 Å². The Kier molecular flexibility index (Phi) is 1.80. The zero-order chi connectivity index (χ0) is 11.2. The van der Waals surface area contributed by atoms with Crippen LogP contribution in [0.2, 0.25) is 0 Å². The summed E-state index contributed by atoms with van der Waals surface area (Å²) >= 11 is 0. The van der Waals surface area contributed by atoms with Crippen LogP contribution in [0.15, 0.2) is 54.5 Å². The third-order valence-electron chi connectivity index (χ3n) is 3.32. The summed E-state index contributed by atoms with van der Waals surface area (Å²) in [5.74, 6) is 2.03. The van der Waals surface area contributed by atoms with E-state index in [1.807, 2.05) is 5.93 Å². The van der Waals surface area contributed by atoms with E-state index in [1.54, 1.807) is 0 Å². The molecule has 0 fully saturated rings. The lowest BCUT2D eigenvalue weighted by molar-refractivity contribution is 1.51. The van der Waals surface area contributed by atoms with Gasteiger partial charge in [0.05, 0.1) is 5.52 Å². The third-order valence-corrected chi connectivity index (χ3v) is 4.39. The van der Waals surface area contributed by atoms with E-state index < -0.39 is 0 Å². The molecule has 0 saturated heterocycles. The fraction of sp³-hybridized carbons (Fsp3) is 0. The summed E-state index contributed by atoms with van der Waals surface area (Å²) in [6, 6.07) is 17.3. The highest BCUT2D eigenvalue weighted by molar-refractivity contribution is 7.36. The second-order valence-electron chi connectivity index (χ2n) is 4.24. The molecule has 0 aliphatic heterocycles. The molecule has 0 N–H and O–H groups in total. The summed E-state index contributed by atoms with van der Waals surface area (Å²) in [5.41, 5.74) is 1.14. The van der Waals surface area contributed by atoms with Gasteiger partial charge in [-0.15, -0.1) is 8.19 Å². The van der Waals surface area contributed by atoms with Crippen LogP contribution in [0.3, 0.4) is 0 Å². The lowest BCUT2D eigenvalue weighted by Crippen LogP contribution is -1.77. The Balaban J connectivity index is 2.34. The topological polar surface area (TPSA) is 12.9 Å². The van der Waals surface area contributed by atoms with E-state index in [0.29, 0.717) is 8.19 Å². The highest BCUT2D eigenvalue weighted by Crippen LogP contribution is 2.34. The van der Waals surface area contributed by atoms with E-state index in [9.17, 15) is 0 Å². The van der Waals surface area contributed by atoms with E-state index in [1.165, 1.54) is 26.7 Å². The lowest BCUT2D eigenvalue weighted by Gasteiger charge is -2.04. The number of aromatic nitrogens is 1. The first-order valence-corrected chi connectivity index (χ1v) is 6.75. The smallest absolute Gasteiger partial charge is 0.0749 e. The molecular weight excluding hydrogens is 225 g/mol. The quantitative estimate of drug-likeness (QED) is 0.407. The first kappa shape index (κ1) is 9.21. The average Bonchev–Trinajstić information content (AvgIpc) is 2.86. The maximum Gasteiger partial charge on any atom is 0.0749 e. The standard InChI is InChI=1S/C15H10NP/c1-2-4-11-10(3-1)5-6-13-12(11)7-8-14-15(13)17-9-16-14/h1-9,17H. The zero-order valence-corrected chi connectivity index (χ0v) is 10.1. The normalized spacial score (nSPS) is 12.0. The Morgan fingerprint density at radius 3 is 2.65 bits per heavy atom. The van der Waals surface area contributed by atoms with Gasteiger partial charge in [-0.05, 0) is 27.6 Å². The van der Waals surface area contributed by atoms with Gasteiger partial charge in [-0.25, -0.2) is 0 Å². The van der Waals surface area contributed by atoms with Gasteiger partial charge in [-0.1, -0.05) is 42.5 Å². The van der Waals surface area contributed by atoms with E-state index in [-0.39, 0.29) is 0 Å². The van der Waals surface area contributed by atoms with E-state index in [0.717, 1.165) is 5.52 Å². The highest BCUT2D eigenvalue weighted by atomic mass is 31.0. The maximum atomic E-state index is 4.42. The maximum absolute atomic E-state index is 4.42. The number of rotatable bonds is 0. The molecule has 0 radical (unpaired) electrons. The fourth-order valence-electron chi connectivity index (χ4n) is 2.50. The SMILES string of the molecule is c1ccc2c(c1)ccc1c2ccc2nc[pH]c21. The molecule has 17 heavy (non-hydrogen) atoms. The molecule has 1 heterocycles. The molecule has 0 aliphatic carbocycles. The van der Waals surface area contributed by atoms with Crippen molar-refractivity contribution in [2.45, 2.75) is 0 Å². The van der Waals surface area contributed by atoms with Crippen molar-refractivity contribution < 1.29 is 0 Å². The molecule has 0 aliphatic rings. The van der Waals surface area contributed by atoms with Crippen molar-refractivity contribution in [3.05, 3.63) is 54.5 Å². The van der Waals surface area contributed by atoms with Crippen molar-refractivity contribution in [2.75, 3.05) is 0 Å². The Labute approximate surface area is 100 Å². The summed E-state index contributed by atoms with van der Waals surface area (Å²) < 4.78 is 0. The molecule has 1 nitrogen and oxygen atoms in total. The summed E-state index contributed by atoms with van der Waals surface area (Å²) in [6.45, 7) is 0. The van der Waals surface area contributed by atoms with Crippen LogP contribution in [0.25, 0.3) is 32.2 Å². The van der Waals surface area contributed by atoms with Gasteiger partial charge in [0, 0.05) is 11.0 Å². The van der Waals surface area contributed by atoms with Crippen LogP contribution in [-0.4, -0.2) is 4.98 Å². The number of benzene rings is 3. The number of hydrogen-bond donors (Lipinski definition) is 0. The molecule has 1 aromatic heterocycles. The van der Waals surface area contributed by atoms with Crippen LogP contribution < -0.4 is 0 Å². The van der Waals surface area contributed by atoms with Crippen LogP contribution >= 0.6 is 8.19 Å². The summed E-state index contributed by atoms with van der Waals surface area (Å²) in [4.78, 5) is 4.42. The number of nitrogens with zero attached hydrogens (tertiary/aromatic N) is 1. The number of fused-ring (bicyclic) bond motifs is 5. The van der Waals surface area contributed by atoms with Gasteiger partial charge in [-0.3, -0.25) is 4.98 Å². The van der Waals surface area contributed by atoms with Crippen molar-refractivity contribution in [1.82, 2.24) is 4.98 Å². The molecule has 0 spiro atoms. The van der Waals surface area contributed by atoms with E-state index in [4.69, 9.17) is 0 Å². The lowest BCUT2D eigenvalue weighted by atomic mass is 10.0. The molecule has 1 unspecified atom stereocenters. The molecule has 3 aromatic carbocycles. The molecule has 0 amide bonds. The van der Waals surface area contributed by atoms with E-state index >= 15 is 0 Å². The zero-order valence-electron chi connectivity index (χ0n) is 9.14. The van der Waals surface area contributed by atoms with Gasteiger partial charge < -0.3 is 0 Å². The van der Waals surface area contributed by atoms with Crippen molar-refractivity contribution in [2.24, 2.45) is 0 Å². The van der Waals surface area contributed by atoms with Crippen molar-refractivity contribution in [1.29, 1.82) is 0 Å². The van der Waals surface area contributed by atoms with Crippen LogP contribution in [0.5, 0.6) is 0 Å². The second kappa shape index (κ2) is 3.32. The van der Waals surface area contributed by atoms with Crippen molar-refractivity contribution in [3.63, 3.8) is 0 Å². The van der Waals surface area contributed by atoms with Gasteiger partial charge in [0.25, 0.3) is 0 Å². The van der Waals surface area contributed by atoms with Gasteiger partial charge >= 0.3 is 0 Å². The third kappa shape index (κ3) is 1.23. The summed E-state index contributed by atoms with van der Waals surface area (Å²) in [6.07, 6.45) is 0. The molecule has 1 atom stereocenters.